The highest BCUT2D eigenvalue weighted by atomic mass is 32.2. The summed E-state index contributed by atoms with van der Waals surface area (Å²) < 4.78 is 43.0. The number of thioether (sulfide) groups is 1. The molecule has 0 aromatic heterocycles. The van der Waals surface area contributed by atoms with Crippen molar-refractivity contribution in [2.45, 2.75) is 50.0 Å². The Bertz CT molecular complexity index is 898. The van der Waals surface area contributed by atoms with Crippen LogP contribution in [0.1, 0.15) is 42.4 Å². The van der Waals surface area contributed by atoms with Crippen molar-refractivity contribution in [1.82, 2.24) is 5.32 Å². The van der Waals surface area contributed by atoms with Gasteiger partial charge in [-0.25, -0.2) is 0 Å². The van der Waals surface area contributed by atoms with E-state index in [0.29, 0.717) is 24.3 Å². The molecule has 2 atom stereocenters. The second-order valence-corrected chi connectivity index (χ2v) is 8.68. The minimum atomic E-state index is -4.15. The molecule has 1 aliphatic rings. The van der Waals surface area contributed by atoms with Gasteiger partial charge >= 0.3 is 6.18 Å². The summed E-state index contributed by atoms with van der Waals surface area (Å²) in [6.07, 6.45) is -3.67. The first kappa shape index (κ1) is 23.2. The van der Waals surface area contributed by atoms with Gasteiger partial charge in [0.15, 0.2) is 0 Å². The van der Waals surface area contributed by atoms with Crippen molar-refractivity contribution in [1.29, 1.82) is 0 Å². The monoisotopic (exact) mass is 451 g/mol. The number of carbonyl (C=O) groups is 2. The molecule has 0 radical (unpaired) electrons. The highest BCUT2D eigenvalue weighted by Gasteiger charge is 2.31. The number of benzene rings is 2. The third-order valence-electron chi connectivity index (χ3n) is 5.20. The van der Waals surface area contributed by atoms with E-state index >= 15 is 0 Å². The van der Waals surface area contributed by atoms with Gasteiger partial charge in [-0.3, -0.25) is 14.9 Å². The molecule has 31 heavy (non-hydrogen) atoms. The molecule has 8 heteroatoms. The Morgan fingerprint density at radius 1 is 1.03 bits per heavy atom. The summed E-state index contributed by atoms with van der Waals surface area (Å²) in [6, 6.07) is 14.7. The summed E-state index contributed by atoms with van der Waals surface area (Å²) >= 11 is 1.01. The second kappa shape index (κ2) is 10.2. The fraction of sp³-hybridized carbons (Fsp3) is 0.391. The van der Waals surface area contributed by atoms with Gasteiger partial charge in [-0.2, -0.15) is 13.2 Å². The Morgan fingerprint density at radius 3 is 2.23 bits per heavy atom. The van der Waals surface area contributed by atoms with E-state index in [-0.39, 0.29) is 23.5 Å². The molecule has 1 N–H and O–H groups in total. The maximum absolute atomic E-state index is 12.4. The Hall–Kier alpha value is -2.48. The van der Waals surface area contributed by atoms with Crippen LogP contribution in [0, 0.1) is 0 Å². The lowest BCUT2D eigenvalue weighted by molar-refractivity contribution is -0.134. The molecule has 0 saturated carbocycles. The van der Waals surface area contributed by atoms with Crippen LogP contribution in [-0.2, 0) is 17.6 Å². The minimum Gasteiger partial charge on any atom is -0.493 e. The number of carbonyl (C=O) groups excluding carboxylic acids is 2. The van der Waals surface area contributed by atoms with E-state index in [1.165, 1.54) is 0 Å². The first-order valence-corrected chi connectivity index (χ1v) is 11.0. The van der Waals surface area contributed by atoms with Gasteiger partial charge in [0.25, 0.3) is 5.24 Å². The first-order chi connectivity index (χ1) is 14.7. The number of ether oxygens (including phenoxy) is 1. The molecule has 2 aromatic rings. The zero-order chi connectivity index (χ0) is 22.4. The van der Waals surface area contributed by atoms with Gasteiger partial charge in [-0.05, 0) is 48.1 Å². The second-order valence-electron chi connectivity index (χ2n) is 7.50. The number of halogens is 3. The van der Waals surface area contributed by atoms with Gasteiger partial charge in [0.2, 0.25) is 5.91 Å². The summed E-state index contributed by atoms with van der Waals surface area (Å²) in [5.41, 5.74) is 2.64. The van der Waals surface area contributed by atoms with E-state index in [2.05, 4.69) is 5.32 Å². The number of amides is 2. The van der Waals surface area contributed by atoms with E-state index in [1.807, 2.05) is 43.3 Å². The molecule has 0 aliphatic carbocycles. The highest BCUT2D eigenvalue weighted by Crippen LogP contribution is 2.26. The van der Waals surface area contributed by atoms with E-state index < -0.39 is 17.8 Å². The predicted molar refractivity (Wildman–Crippen MR) is 114 cm³/mol. The molecule has 1 fully saturated rings. The van der Waals surface area contributed by atoms with Crippen LogP contribution in [0.15, 0.2) is 48.5 Å². The van der Waals surface area contributed by atoms with Crippen LogP contribution in [0.3, 0.4) is 0 Å². The van der Waals surface area contributed by atoms with E-state index in [0.717, 1.165) is 29.3 Å². The van der Waals surface area contributed by atoms with Gasteiger partial charge in [0, 0.05) is 12.3 Å². The molecule has 0 spiro atoms. The van der Waals surface area contributed by atoms with Crippen LogP contribution in [0.4, 0.5) is 18.0 Å². The summed E-state index contributed by atoms with van der Waals surface area (Å²) in [4.78, 5) is 22.9. The molecule has 1 aliphatic heterocycles. The van der Waals surface area contributed by atoms with Gasteiger partial charge in [0.1, 0.15) is 5.75 Å². The van der Waals surface area contributed by atoms with Crippen LogP contribution in [0.25, 0.3) is 0 Å². The molecule has 3 rings (SSSR count). The van der Waals surface area contributed by atoms with Crippen LogP contribution < -0.4 is 10.1 Å². The Kier molecular flexibility index (Phi) is 7.64. The SMILES string of the molecule is CCC(COc1ccc(CC2SC(=O)NC2=O)cc1)c1ccc(CCC(F)(F)F)cc1. The quantitative estimate of drug-likeness (QED) is 0.535. The summed E-state index contributed by atoms with van der Waals surface area (Å²) in [5.74, 6) is 0.565. The summed E-state index contributed by atoms with van der Waals surface area (Å²) in [7, 11) is 0. The molecule has 2 unspecified atom stereocenters. The van der Waals surface area contributed by atoms with E-state index in [9.17, 15) is 22.8 Å². The summed E-state index contributed by atoms with van der Waals surface area (Å²) in [5, 5.41) is 1.57. The normalized spacial score (nSPS) is 17.5. The topological polar surface area (TPSA) is 55.4 Å². The lowest BCUT2D eigenvalue weighted by Crippen LogP contribution is -2.25. The molecule has 0 bridgehead atoms. The lowest BCUT2D eigenvalue weighted by atomic mass is 9.95. The van der Waals surface area contributed by atoms with E-state index in [4.69, 9.17) is 4.74 Å². The first-order valence-electron chi connectivity index (χ1n) is 10.1. The zero-order valence-electron chi connectivity index (χ0n) is 17.1. The molecule has 2 aromatic carbocycles. The molecule has 166 valence electrons. The van der Waals surface area contributed by atoms with Gasteiger partial charge in [0.05, 0.1) is 11.9 Å². The highest BCUT2D eigenvalue weighted by molar-refractivity contribution is 8.15. The van der Waals surface area contributed by atoms with Crippen molar-refractivity contribution in [2.75, 3.05) is 6.61 Å². The predicted octanol–water partition coefficient (Wildman–Crippen LogP) is 5.65. The average Bonchev–Trinajstić information content (AvgIpc) is 3.05. The fourth-order valence-electron chi connectivity index (χ4n) is 3.35. The molecular formula is C23H24F3NO3S. The Labute approximate surface area is 183 Å². The van der Waals surface area contributed by atoms with Gasteiger partial charge in [-0.15, -0.1) is 0 Å². The molecule has 2 amide bonds. The number of alkyl halides is 3. The van der Waals surface area contributed by atoms with Crippen molar-refractivity contribution in [3.05, 3.63) is 65.2 Å². The maximum atomic E-state index is 12.4. The Balaban J connectivity index is 1.52. The number of aryl methyl sites for hydroxylation is 1. The molecular weight excluding hydrogens is 427 g/mol. The standard InChI is InChI=1S/C23H24F3NO3S/c1-2-17(18-7-3-15(4-8-18)11-12-23(24,25)26)14-30-19-9-5-16(6-10-19)13-20-21(28)27-22(29)31-20/h3-10,17,20H,2,11-14H2,1H3,(H,27,28,29). The van der Waals surface area contributed by atoms with Gasteiger partial charge in [-0.1, -0.05) is 55.1 Å². The van der Waals surface area contributed by atoms with Crippen LogP contribution in [-0.4, -0.2) is 29.2 Å². The van der Waals surface area contributed by atoms with Crippen LogP contribution in [0.5, 0.6) is 5.75 Å². The van der Waals surface area contributed by atoms with Crippen molar-refractivity contribution in [2.24, 2.45) is 0 Å². The maximum Gasteiger partial charge on any atom is 0.389 e. The third-order valence-corrected chi connectivity index (χ3v) is 6.19. The zero-order valence-corrected chi connectivity index (χ0v) is 17.9. The number of rotatable bonds is 9. The fourth-order valence-corrected chi connectivity index (χ4v) is 4.21. The summed E-state index contributed by atoms with van der Waals surface area (Å²) in [6.45, 7) is 2.49. The lowest BCUT2D eigenvalue weighted by Gasteiger charge is -2.17. The van der Waals surface area contributed by atoms with Crippen molar-refractivity contribution in [3.63, 3.8) is 0 Å². The molecule has 4 nitrogen and oxygen atoms in total. The largest absolute Gasteiger partial charge is 0.493 e. The number of imide groups is 1. The average molecular weight is 452 g/mol. The molecule has 1 heterocycles. The minimum absolute atomic E-state index is 0.0153. The third kappa shape index (κ3) is 7.02. The molecule has 1 saturated heterocycles. The van der Waals surface area contributed by atoms with Crippen LogP contribution >= 0.6 is 11.8 Å². The van der Waals surface area contributed by atoms with Crippen molar-refractivity contribution >= 4 is 22.9 Å². The van der Waals surface area contributed by atoms with Gasteiger partial charge < -0.3 is 4.74 Å². The van der Waals surface area contributed by atoms with Crippen molar-refractivity contribution in [3.8, 4) is 5.75 Å². The number of hydrogen-bond acceptors (Lipinski definition) is 4. The van der Waals surface area contributed by atoms with Crippen molar-refractivity contribution < 1.29 is 27.5 Å². The Morgan fingerprint density at radius 2 is 1.68 bits per heavy atom. The number of nitrogens with one attached hydrogen (secondary N) is 1. The smallest absolute Gasteiger partial charge is 0.389 e. The number of hydrogen-bond donors (Lipinski definition) is 1. The van der Waals surface area contributed by atoms with Crippen LogP contribution in [0.2, 0.25) is 0 Å². The van der Waals surface area contributed by atoms with E-state index in [1.54, 1.807) is 12.1 Å².